The van der Waals surface area contributed by atoms with Gasteiger partial charge in [0.15, 0.2) is 0 Å². The predicted octanol–water partition coefficient (Wildman–Crippen LogP) is 3.21. The van der Waals surface area contributed by atoms with Gasteiger partial charge in [-0.2, -0.15) is 5.10 Å². The van der Waals surface area contributed by atoms with Crippen molar-refractivity contribution in [3.63, 3.8) is 0 Å². The maximum absolute atomic E-state index is 13.1. The third-order valence-electron chi connectivity index (χ3n) is 4.54. The van der Waals surface area contributed by atoms with Crippen LogP contribution in [0.25, 0.3) is 11.3 Å². The third-order valence-corrected chi connectivity index (χ3v) is 4.80. The Kier molecular flexibility index (Phi) is 5.24. The van der Waals surface area contributed by atoms with Crippen LogP contribution in [0.4, 0.5) is 10.3 Å². The summed E-state index contributed by atoms with van der Waals surface area (Å²) < 4.78 is 13.1. The fourth-order valence-electron chi connectivity index (χ4n) is 3.11. The summed E-state index contributed by atoms with van der Waals surface area (Å²) in [5, 5.41) is 12.0. The Hall–Kier alpha value is -2.61. The summed E-state index contributed by atoms with van der Waals surface area (Å²) in [6.07, 6.45) is 1.56. The highest BCUT2D eigenvalue weighted by Gasteiger charge is 2.28. The van der Waals surface area contributed by atoms with E-state index in [-0.39, 0.29) is 11.9 Å². The molecule has 1 aromatic heterocycles. The summed E-state index contributed by atoms with van der Waals surface area (Å²) in [4.78, 5) is 4.48. The molecule has 1 fully saturated rings. The number of nitrogens with one attached hydrogen (secondary N) is 3. The molecule has 0 aliphatic carbocycles. The van der Waals surface area contributed by atoms with Crippen molar-refractivity contribution in [3.8, 4) is 11.3 Å². The van der Waals surface area contributed by atoms with Crippen molar-refractivity contribution < 1.29 is 4.39 Å². The molecule has 138 valence electrons. The number of hydrazine groups is 1. The second kappa shape index (κ2) is 7.96. The SMILES string of the molecule is Fc1ccc(-c2cnnc(NCC3CNNC3c3ccc(Cl)cc3)n2)cc1. The van der Waals surface area contributed by atoms with Crippen molar-refractivity contribution in [2.24, 2.45) is 5.92 Å². The van der Waals surface area contributed by atoms with Crippen LogP contribution in [0.1, 0.15) is 11.6 Å². The van der Waals surface area contributed by atoms with Gasteiger partial charge in [-0.1, -0.05) is 23.7 Å². The molecule has 0 bridgehead atoms. The van der Waals surface area contributed by atoms with Crippen LogP contribution in [0.2, 0.25) is 5.02 Å². The van der Waals surface area contributed by atoms with Crippen molar-refractivity contribution >= 4 is 17.5 Å². The summed E-state index contributed by atoms with van der Waals surface area (Å²) in [5.74, 6) is 0.455. The number of hydrogen-bond acceptors (Lipinski definition) is 6. The third kappa shape index (κ3) is 4.21. The van der Waals surface area contributed by atoms with Gasteiger partial charge in [0.05, 0.1) is 17.9 Å². The Labute approximate surface area is 161 Å². The van der Waals surface area contributed by atoms with Gasteiger partial charge in [-0.25, -0.2) is 14.8 Å². The van der Waals surface area contributed by atoms with Crippen molar-refractivity contribution in [1.29, 1.82) is 0 Å². The molecular formula is C19H18ClFN6. The molecule has 6 nitrogen and oxygen atoms in total. The zero-order valence-corrected chi connectivity index (χ0v) is 15.1. The highest BCUT2D eigenvalue weighted by Crippen LogP contribution is 2.26. The van der Waals surface area contributed by atoms with Crippen molar-refractivity contribution in [2.45, 2.75) is 6.04 Å². The molecule has 27 heavy (non-hydrogen) atoms. The molecular weight excluding hydrogens is 367 g/mol. The average molecular weight is 385 g/mol. The quantitative estimate of drug-likeness (QED) is 0.627. The molecule has 8 heteroatoms. The highest BCUT2D eigenvalue weighted by atomic mass is 35.5. The molecule has 2 aromatic carbocycles. The predicted molar refractivity (Wildman–Crippen MR) is 103 cm³/mol. The van der Waals surface area contributed by atoms with E-state index in [0.717, 1.165) is 22.7 Å². The maximum atomic E-state index is 13.1. The number of aromatic nitrogens is 3. The van der Waals surface area contributed by atoms with Crippen LogP contribution in [-0.4, -0.2) is 28.3 Å². The minimum Gasteiger partial charge on any atom is -0.353 e. The summed E-state index contributed by atoms with van der Waals surface area (Å²) in [5.41, 5.74) is 9.09. The van der Waals surface area contributed by atoms with Gasteiger partial charge < -0.3 is 5.32 Å². The molecule has 1 aliphatic rings. The van der Waals surface area contributed by atoms with Crippen molar-refractivity contribution in [3.05, 3.63) is 71.1 Å². The van der Waals surface area contributed by atoms with Crippen LogP contribution in [0.5, 0.6) is 0 Å². The lowest BCUT2D eigenvalue weighted by Gasteiger charge is -2.19. The van der Waals surface area contributed by atoms with E-state index >= 15 is 0 Å². The summed E-state index contributed by atoms with van der Waals surface area (Å²) in [7, 11) is 0. The van der Waals surface area contributed by atoms with E-state index in [2.05, 4.69) is 31.3 Å². The van der Waals surface area contributed by atoms with Crippen molar-refractivity contribution in [1.82, 2.24) is 26.0 Å². The van der Waals surface area contributed by atoms with E-state index in [1.54, 1.807) is 18.3 Å². The first-order chi connectivity index (χ1) is 13.2. The second-order valence-corrected chi connectivity index (χ2v) is 6.80. The Morgan fingerprint density at radius 3 is 2.67 bits per heavy atom. The number of halogens is 2. The lowest BCUT2D eigenvalue weighted by molar-refractivity contribution is 0.492. The largest absolute Gasteiger partial charge is 0.353 e. The van der Waals surface area contributed by atoms with Crippen LogP contribution in [-0.2, 0) is 0 Å². The van der Waals surface area contributed by atoms with E-state index < -0.39 is 0 Å². The molecule has 1 aliphatic heterocycles. The fraction of sp³-hybridized carbons (Fsp3) is 0.211. The van der Waals surface area contributed by atoms with E-state index in [0.29, 0.717) is 24.1 Å². The Bertz CT molecular complexity index is 903. The van der Waals surface area contributed by atoms with Crippen LogP contribution in [0, 0.1) is 11.7 Å². The van der Waals surface area contributed by atoms with Gasteiger partial charge in [-0.05, 0) is 42.0 Å². The zero-order valence-electron chi connectivity index (χ0n) is 14.4. The molecule has 0 radical (unpaired) electrons. The molecule has 3 aromatic rings. The number of benzene rings is 2. The number of nitrogens with zero attached hydrogens (tertiary/aromatic N) is 3. The van der Waals surface area contributed by atoms with E-state index in [1.807, 2.05) is 24.3 Å². The average Bonchev–Trinajstić information content (AvgIpc) is 3.16. The first kappa shape index (κ1) is 17.8. The van der Waals surface area contributed by atoms with Crippen LogP contribution in [0.3, 0.4) is 0 Å². The topological polar surface area (TPSA) is 74.8 Å². The maximum Gasteiger partial charge on any atom is 0.243 e. The van der Waals surface area contributed by atoms with E-state index in [1.165, 1.54) is 12.1 Å². The molecule has 1 saturated heterocycles. The van der Waals surface area contributed by atoms with E-state index in [4.69, 9.17) is 11.6 Å². The first-order valence-corrected chi connectivity index (χ1v) is 9.00. The summed E-state index contributed by atoms with van der Waals surface area (Å²) >= 11 is 5.98. The number of hydrogen-bond donors (Lipinski definition) is 3. The van der Waals surface area contributed by atoms with Gasteiger partial charge in [0.25, 0.3) is 0 Å². The van der Waals surface area contributed by atoms with Crippen molar-refractivity contribution in [2.75, 3.05) is 18.4 Å². The number of anilines is 1. The molecule has 2 heterocycles. The minimum atomic E-state index is -0.284. The van der Waals surface area contributed by atoms with Crippen LogP contribution >= 0.6 is 11.6 Å². The Balaban J connectivity index is 1.44. The normalized spacial score (nSPS) is 19.2. The van der Waals surface area contributed by atoms with Crippen LogP contribution in [0.15, 0.2) is 54.7 Å². The molecule has 0 spiro atoms. The first-order valence-electron chi connectivity index (χ1n) is 8.62. The molecule has 0 amide bonds. The number of rotatable bonds is 5. The molecule has 3 N–H and O–H groups in total. The second-order valence-electron chi connectivity index (χ2n) is 6.37. The molecule has 2 unspecified atom stereocenters. The van der Waals surface area contributed by atoms with Gasteiger partial charge >= 0.3 is 0 Å². The van der Waals surface area contributed by atoms with E-state index in [9.17, 15) is 4.39 Å². The van der Waals surface area contributed by atoms with Gasteiger partial charge in [0.2, 0.25) is 5.95 Å². The lowest BCUT2D eigenvalue weighted by Crippen LogP contribution is -2.26. The summed E-state index contributed by atoms with van der Waals surface area (Å²) in [6, 6.07) is 14.1. The Morgan fingerprint density at radius 2 is 1.89 bits per heavy atom. The molecule has 4 rings (SSSR count). The smallest absolute Gasteiger partial charge is 0.243 e. The summed E-state index contributed by atoms with van der Waals surface area (Å²) in [6.45, 7) is 1.48. The molecule has 0 saturated carbocycles. The zero-order chi connectivity index (χ0) is 18.6. The van der Waals surface area contributed by atoms with Gasteiger partial charge in [-0.15, -0.1) is 5.10 Å². The molecule has 2 atom stereocenters. The van der Waals surface area contributed by atoms with Gasteiger partial charge in [0, 0.05) is 29.6 Å². The fourth-order valence-corrected chi connectivity index (χ4v) is 3.24. The minimum absolute atomic E-state index is 0.156. The van der Waals surface area contributed by atoms with Gasteiger partial charge in [-0.3, -0.25) is 5.43 Å². The van der Waals surface area contributed by atoms with Gasteiger partial charge in [0.1, 0.15) is 5.82 Å². The lowest BCUT2D eigenvalue weighted by atomic mass is 9.95. The monoisotopic (exact) mass is 384 g/mol. The van der Waals surface area contributed by atoms with Crippen LogP contribution < -0.4 is 16.2 Å². The standard InChI is InChI=1S/C19H18ClFN6/c20-15-5-1-13(2-6-15)18-14(10-23-26-18)9-22-19-25-17(11-24-27-19)12-3-7-16(21)8-4-12/h1-8,11,14,18,23,26H,9-10H2,(H,22,25,27). The highest BCUT2D eigenvalue weighted by molar-refractivity contribution is 6.30. The Morgan fingerprint density at radius 1 is 1.11 bits per heavy atom.